The van der Waals surface area contributed by atoms with Crippen molar-refractivity contribution in [3.8, 4) is 5.75 Å². The van der Waals surface area contributed by atoms with E-state index >= 15 is 0 Å². The van der Waals surface area contributed by atoms with E-state index in [1.807, 2.05) is 0 Å². The van der Waals surface area contributed by atoms with E-state index in [1.54, 1.807) is 0 Å². The molecule has 0 aliphatic carbocycles. The van der Waals surface area contributed by atoms with E-state index in [0.717, 1.165) is 19.2 Å². The number of benzene rings is 1. The molecule has 0 aliphatic heterocycles. The summed E-state index contributed by atoms with van der Waals surface area (Å²) in [5.74, 6) is -1.50. The molecule has 1 aromatic rings. The van der Waals surface area contributed by atoms with E-state index < -0.39 is 23.4 Å². The van der Waals surface area contributed by atoms with Crippen LogP contribution in [0.5, 0.6) is 5.75 Å². The van der Waals surface area contributed by atoms with Crippen LogP contribution in [0.15, 0.2) is 18.2 Å². The van der Waals surface area contributed by atoms with Crippen LogP contribution < -0.4 is 10.5 Å². The highest BCUT2D eigenvalue weighted by atomic mass is 35.5. The van der Waals surface area contributed by atoms with Crippen LogP contribution in [0.4, 0.5) is 13.2 Å². The Morgan fingerprint density at radius 1 is 1.38 bits per heavy atom. The predicted molar refractivity (Wildman–Crippen MR) is 53.8 cm³/mol. The van der Waals surface area contributed by atoms with E-state index in [4.69, 9.17) is 5.73 Å². The number of methoxy groups -OCH3 is 1. The third-order valence-electron chi connectivity index (χ3n) is 1.79. The largest absolute Gasteiger partial charge is 0.495 e. The van der Waals surface area contributed by atoms with Crippen LogP contribution in [-0.4, -0.2) is 13.0 Å². The number of alkyl halides is 3. The minimum atomic E-state index is -4.57. The van der Waals surface area contributed by atoms with Gasteiger partial charge in [-0.3, -0.25) is 4.79 Å². The topological polar surface area (TPSA) is 52.3 Å². The minimum absolute atomic E-state index is 0. The zero-order valence-corrected chi connectivity index (χ0v) is 8.98. The summed E-state index contributed by atoms with van der Waals surface area (Å²) in [5.41, 5.74) is 3.62. The van der Waals surface area contributed by atoms with E-state index in [2.05, 4.69) is 4.74 Å². The van der Waals surface area contributed by atoms with Crippen LogP contribution >= 0.6 is 12.4 Å². The number of amides is 1. The molecule has 16 heavy (non-hydrogen) atoms. The number of nitrogens with two attached hydrogens (primary N) is 1. The smallest absolute Gasteiger partial charge is 0.419 e. The highest BCUT2D eigenvalue weighted by Gasteiger charge is 2.35. The second kappa shape index (κ2) is 5.07. The maximum atomic E-state index is 12.4. The van der Waals surface area contributed by atoms with Crippen LogP contribution in [0.25, 0.3) is 0 Å². The van der Waals surface area contributed by atoms with E-state index in [0.29, 0.717) is 0 Å². The van der Waals surface area contributed by atoms with Gasteiger partial charge in [-0.25, -0.2) is 0 Å². The van der Waals surface area contributed by atoms with E-state index in [-0.39, 0.29) is 18.0 Å². The molecule has 0 fully saturated rings. The van der Waals surface area contributed by atoms with Gasteiger partial charge < -0.3 is 10.5 Å². The van der Waals surface area contributed by atoms with Gasteiger partial charge in [0.1, 0.15) is 5.75 Å². The van der Waals surface area contributed by atoms with Crippen LogP contribution in [0.1, 0.15) is 15.9 Å². The number of para-hydroxylation sites is 1. The van der Waals surface area contributed by atoms with Gasteiger partial charge in [-0.2, -0.15) is 13.2 Å². The molecule has 0 saturated carbocycles. The van der Waals surface area contributed by atoms with Gasteiger partial charge in [-0.05, 0) is 12.1 Å². The quantitative estimate of drug-likeness (QED) is 0.881. The summed E-state index contributed by atoms with van der Waals surface area (Å²) in [4.78, 5) is 10.8. The number of halogens is 4. The number of hydrogen-bond donors (Lipinski definition) is 1. The summed E-state index contributed by atoms with van der Waals surface area (Å²) in [6, 6.07) is 3.10. The van der Waals surface area contributed by atoms with Gasteiger partial charge >= 0.3 is 6.18 Å². The van der Waals surface area contributed by atoms with Crippen molar-refractivity contribution in [1.29, 1.82) is 0 Å². The van der Waals surface area contributed by atoms with Gasteiger partial charge in [-0.15, -0.1) is 12.4 Å². The van der Waals surface area contributed by atoms with Gasteiger partial charge in [0.05, 0.1) is 18.2 Å². The Balaban J connectivity index is 0.00000225. The Bertz CT molecular complexity index is 393. The zero-order chi connectivity index (χ0) is 11.6. The number of ether oxygens (including phenoxy) is 1. The molecule has 0 spiro atoms. The van der Waals surface area contributed by atoms with Crippen molar-refractivity contribution in [2.75, 3.05) is 7.11 Å². The molecule has 0 bridgehead atoms. The standard InChI is InChI=1S/C9H8F3NO2.ClH/c1-15-7-5(8(13)14)3-2-4-6(7)9(10,11)12;/h2-4H,1H3,(H2,13,14);1H. The third-order valence-corrected chi connectivity index (χ3v) is 1.79. The molecule has 0 aliphatic rings. The number of carbonyl (C=O) groups is 1. The second-order valence-electron chi connectivity index (χ2n) is 2.75. The first-order valence-corrected chi connectivity index (χ1v) is 3.92. The molecule has 1 aromatic carbocycles. The van der Waals surface area contributed by atoms with Crippen LogP contribution in [0.2, 0.25) is 0 Å². The first kappa shape index (κ1) is 14.6. The van der Waals surface area contributed by atoms with E-state index in [1.165, 1.54) is 6.07 Å². The number of primary amides is 1. The third kappa shape index (κ3) is 2.79. The van der Waals surface area contributed by atoms with Gasteiger partial charge in [-0.1, -0.05) is 6.07 Å². The molecule has 2 N–H and O–H groups in total. The minimum Gasteiger partial charge on any atom is -0.495 e. The maximum absolute atomic E-state index is 12.4. The molecule has 0 unspecified atom stereocenters. The lowest BCUT2D eigenvalue weighted by atomic mass is 10.1. The molecule has 0 saturated heterocycles. The van der Waals surface area contributed by atoms with Crippen LogP contribution in [0.3, 0.4) is 0 Å². The number of hydrogen-bond acceptors (Lipinski definition) is 2. The first-order valence-electron chi connectivity index (χ1n) is 3.92. The average Bonchev–Trinajstić information content (AvgIpc) is 2.15. The normalized spacial score (nSPS) is 10.5. The Kier molecular flexibility index (Phi) is 4.61. The summed E-state index contributed by atoms with van der Waals surface area (Å²) in [6.45, 7) is 0. The summed E-state index contributed by atoms with van der Waals surface area (Å²) in [5, 5.41) is 0. The van der Waals surface area contributed by atoms with Crippen molar-refractivity contribution in [3.63, 3.8) is 0 Å². The fraction of sp³-hybridized carbons (Fsp3) is 0.222. The number of carbonyl (C=O) groups excluding carboxylic acids is 1. The molecule has 3 nitrogen and oxygen atoms in total. The van der Waals surface area contributed by atoms with Crippen molar-refractivity contribution < 1.29 is 22.7 Å². The fourth-order valence-corrected chi connectivity index (χ4v) is 1.17. The SMILES string of the molecule is COc1c(C(N)=O)cccc1C(F)(F)F.Cl. The lowest BCUT2D eigenvalue weighted by Crippen LogP contribution is -2.16. The molecular formula is C9H9ClF3NO2. The Morgan fingerprint density at radius 3 is 2.31 bits per heavy atom. The lowest BCUT2D eigenvalue weighted by molar-refractivity contribution is -0.138. The summed E-state index contributed by atoms with van der Waals surface area (Å²) in [7, 11) is 1.05. The predicted octanol–water partition coefficient (Wildman–Crippen LogP) is 2.23. The van der Waals surface area contributed by atoms with Crippen molar-refractivity contribution >= 4 is 18.3 Å². The number of rotatable bonds is 2. The van der Waals surface area contributed by atoms with Gasteiger partial charge in [0.2, 0.25) is 0 Å². The Hall–Kier alpha value is -1.43. The summed E-state index contributed by atoms with van der Waals surface area (Å²) >= 11 is 0. The van der Waals surface area contributed by atoms with Gasteiger partial charge in [0.25, 0.3) is 5.91 Å². The molecule has 0 radical (unpaired) electrons. The highest BCUT2D eigenvalue weighted by Crippen LogP contribution is 2.37. The fourth-order valence-electron chi connectivity index (χ4n) is 1.17. The van der Waals surface area contributed by atoms with Crippen molar-refractivity contribution in [2.24, 2.45) is 5.73 Å². The molecular weight excluding hydrogens is 247 g/mol. The molecule has 0 atom stereocenters. The Morgan fingerprint density at radius 2 is 1.94 bits per heavy atom. The molecule has 0 heterocycles. The monoisotopic (exact) mass is 255 g/mol. The van der Waals surface area contributed by atoms with Crippen LogP contribution in [-0.2, 0) is 6.18 Å². The van der Waals surface area contributed by atoms with E-state index in [9.17, 15) is 18.0 Å². The highest BCUT2D eigenvalue weighted by molar-refractivity contribution is 5.96. The second-order valence-corrected chi connectivity index (χ2v) is 2.75. The average molecular weight is 256 g/mol. The maximum Gasteiger partial charge on any atom is 0.419 e. The Labute approximate surface area is 95.8 Å². The van der Waals surface area contributed by atoms with Gasteiger partial charge in [0, 0.05) is 0 Å². The van der Waals surface area contributed by atoms with Gasteiger partial charge in [0.15, 0.2) is 0 Å². The van der Waals surface area contributed by atoms with Crippen molar-refractivity contribution in [3.05, 3.63) is 29.3 Å². The molecule has 0 aromatic heterocycles. The van der Waals surface area contributed by atoms with Crippen LogP contribution in [0, 0.1) is 0 Å². The molecule has 1 rings (SSSR count). The lowest BCUT2D eigenvalue weighted by Gasteiger charge is -2.13. The molecule has 7 heteroatoms. The van der Waals surface area contributed by atoms with Crippen molar-refractivity contribution in [2.45, 2.75) is 6.18 Å². The molecule has 1 amide bonds. The summed E-state index contributed by atoms with van der Waals surface area (Å²) in [6.07, 6.45) is -4.57. The first-order chi connectivity index (χ1) is 6.88. The van der Waals surface area contributed by atoms with Crippen molar-refractivity contribution in [1.82, 2.24) is 0 Å². The summed E-state index contributed by atoms with van der Waals surface area (Å²) < 4.78 is 41.9. The molecule has 90 valence electrons. The zero-order valence-electron chi connectivity index (χ0n) is 8.17.